The SMILES string of the molecule is COc1csc(C(=O)NC2CCCCC2Br)c1. The van der Waals surface area contributed by atoms with Crippen LogP contribution in [0.1, 0.15) is 35.4 Å². The number of ether oxygens (including phenoxy) is 1. The van der Waals surface area contributed by atoms with Crippen LogP contribution >= 0.6 is 27.3 Å². The zero-order chi connectivity index (χ0) is 12.3. The monoisotopic (exact) mass is 317 g/mol. The van der Waals surface area contributed by atoms with Crippen LogP contribution in [0.2, 0.25) is 0 Å². The summed E-state index contributed by atoms with van der Waals surface area (Å²) in [4.78, 5) is 13.1. The highest BCUT2D eigenvalue weighted by Gasteiger charge is 2.25. The van der Waals surface area contributed by atoms with Gasteiger partial charge in [0.25, 0.3) is 5.91 Å². The van der Waals surface area contributed by atoms with Crippen molar-refractivity contribution in [2.45, 2.75) is 36.6 Å². The summed E-state index contributed by atoms with van der Waals surface area (Å²) in [5.74, 6) is 0.758. The Hall–Kier alpha value is -0.550. The van der Waals surface area contributed by atoms with Gasteiger partial charge in [0, 0.05) is 22.3 Å². The third-order valence-corrected chi connectivity index (χ3v) is 5.04. The highest BCUT2D eigenvalue weighted by Crippen LogP contribution is 2.26. The first kappa shape index (κ1) is 12.9. The van der Waals surface area contributed by atoms with Crippen LogP contribution in [0.3, 0.4) is 0 Å². The summed E-state index contributed by atoms with van der Waals surface area (Å²) in [5, 5.41) is 4.94. The van der Waals surface area contributed by atoms with Crippen LogP contribution in [-0.2, 0) is 0 Å². The van der Waals surface area contributed by atoms with E-state index in [0.717, 1.165) is 18.6 Å². The highest BCUT2D eigenvalue weighted by atomic mass is 79.9. The van der Waals surface area contributed by atoms with E-state index in [1.807, 2.05) is 5.38 Å². The number of carbonyl (C=O) groups excluding carboxylic acids is 1. The molecular weight excluding hydrogens is 302 g/mol. The van der Waals surface area contributed by atoms with Crippen molar-refractivity contribution in [2.24, 2.45) is 0 Å². The quantitative estimate of drug-likeness (QED) is 0.869. The molecule has 0 aliphatic heterocycles. The molecule has 3 nitrogen and oxygen atoms in total. The van der Waals surface area contributed by atoms with Gasteiger partial charge >= 0.3 is 0 Å². The Morgan fingerprint density at radius 1 is 1.53 bits per heavy atom. The van der Waals surface area contributed by atoms with Crippen LogP contribution in [0.25, 0.3) is 0 Å². The average molecular weight is 318 g/mol. The maximum absolute atomic E-state index is 12.0. The first-order chi connectivity index (χ1) is 8.20. The number of methoxy groups -OCH3 is 1. The topological polar surface area (TPSA) is 38.3 Å². The lowest BCUT2D eigenvalue weighted by atomic mass is 9.95. The van der Waals surface area contributed by atoms with Gasteiger partial charge in [0.1, 0.15) is 5.75 Å². The lowest BCUT2D eigenvalue weighted by Crippen LogP contribution is -2.42. The van der Waals surface area contributed by atoms with Crippen LogP contribution < -0.4 is 10.1 Å². The van der Waals surface area contributed by atoms with Crippen molar-refractivity contribution < 1.29 is 9.53 Å². The van der Waals surface area contributed by atoms with E-state index in [-0.39, 0.29) is 11.9 Å². The summed E-state index contributed by atoms with van der Waals surface area (Å²) in [6.07, 6.45) is 4.64. The second kappa shape index (κ2) is 5.87. The Labute approximate surface area is 114 Å². The van der Waals surface area contributed by atoms with Crippen molar-refractivity contribution >= 4 is 33.2 Å². The number of nitrogens with one attached hydrogen (secondary N) is 1. The van der Waals surface area contributed by atoms with Gasteiger partial charge in [0.2, 0.25) is 0 Å². The first-order valence-corrected chi connectivity index (χ1v) is 7.57. The fourth-order valence-electron chi connectivity index (χ4n) is 2.03. The van der Waals surface area contributed by atoms with Gasteiger partial charge in [-0.15, -0.1) is 11.3 Å². The molecule has 1 fully saturated rings. The molecule has 0 aromatic carbocycles. The van der Waals surface area contributed by atoms with Crippen molar-refractivity contribution in [3.63, 3.8) is 0 Å². The Morgan fingerprint density at radius 3 is 2.94 bits per heavy atom. The average Bonchev–Trinajstić information content (AvgIpc) is 2.81. The molecule has 94 valence electrons. The van der Waals surface area contributed by atoms with Crippen LogP contribution in [-0.4, -0.2) is 23.9 Å². The lowest BCUT2D eigenvalue weighted by molar-refractivity contribution is 0.0933. The molecule has 1 aromatic heterocycles. The number of alkyl halides is 1. The molecule has 1 aliphatic carbocycles. The molecular formula is C12H16BrNO2S. The molecule has 0 saturated heterocycles. The third kappa shape index (κ3) is 3.22. The number of thiophene rings is 1. The summed E-state index contributed by atoms with van der Waals surface area (Å²) in [7, 11) is 1.61. The molecule has 0 bridgehead atoms. The Kier molecular flexibility index (Phi) is 4.45. The van der Waals surface area contributed by atoms with E-state index >= 15 is 0 Å². The lowest BCUT2D eigenvalue weighted by Gasteiger charge is -2.27. The van der Waals surface area contributed by atoms with Crippen molar-refractivity contribution in [1.82, 2.24) is 5.32 Å². The molecule has 2 atom stereocenters. The number of rotatable bonds is 3. The zero-order valence-electron chi connectivity index (χ0n) is 9.74. The number of hydrogen-bond acceptors (Lipinski definition) is 3. The first-order valence-electron chi connectivity index (χ1n) is 5.78. The van der Waals surface area contributed by atoms with Crippen molar-refractivity contribution in [2.75, 3.05) is 7.11 Å². The maximum Gasteiger partial charge on any atom is 0.261 e. The van der Waals surface area contributed by atoms with E-state index in [1.165, 1.54) is 24.2 Å². The molecule has 5 heteroatoms. The molecule has 2 unspecified atom stereocenters. The summed E-state index contributed by atoms with van der Waals surface area (Å²) in [6.45, 7) is 0. The fourth-order valence-corrected chi connectivity index (χ4v) is 3.51. The van der Waals surface area contributed by atoms with Gasteiger partial charge in [0.15, 0.2) is 0 Å². The predicted molar refractivity (Wildman–Crippen MR) is 73.3 cm³/mol. The summed E-state index contributed by atoms with van der Waals surface area (Å²) in [6, 6.07) is 2.04. The molecule has 1 saturated carbocycles. The molecule has 1 amide bonds. The van der Waals surface area contributed by atoms with Gasteiger partial charge in [-0.3, -0.25) is 4.79 Å². The van der Waals surface area contributed by atoms with E-state index in [1.54, 1.807) is 13.2 Å². The largest absolute Gasteiger partial charge is 0.496 e. The highest BCUT2D eigenvalue weighted by molar-refractivity contribution is 9.09. The fraction of sp³-hybridized carbons (Fsp3) is 0.583. The standard InChI is InChI=1S/C12H16BrNO2S/c1-16-8-6-11(17-7-8)12(15)14-10-5-3-2-4-9(10)13/h6-7,9-10H,2-5H2,1H3,(H,14,15). The van der Waals surface area contributed by atoms with Gasteiger partial charge < -0.3 is 10.1 Å². The Balaban J connectivity index is 1.96. The normalized spacial score (nSPS) is 24.4. The molecule has 1 aliphatic rings. The number of halogens is 1. The van der Waals surface area contributed by atoms with Gasteiger partial charge in [-0.1, -0.05) is 28.8 Å². The van der Waals surface area contributed by atoms with E-state index in [9.17, 15) is 4.79 Å². The van der Waals surface area contributed by atoms with Crippen LogP contribution in [0.15, 0.2) is 11.4 Å². The van der Waals surface area contributed by atoms with Crippen LogP contribution in [0.5, 0.6) is 5.75 Å². The van der Waals surface area contributed by atoms with E-state index in [0.29, 0.717) is 9.70 Å². The molecule has 2 rings (SSSR count). The molecule has 0 spiro atoms. The molecule has 1 N–H and O–H groups in total. The molecule has 0 radical (unpaired) electrons. The second-order valence-electron chi connectivity index (χ2n) is 4.23. The summed E-state index contributed by atoms with van der Waals surface area (Å²) >= 11 is 5.06. The minimum Gasteiger partial charge on any atom is -0.496 e. The molecule has 17 heavy (non-hydrogen) atoms. The smallest absolute Gasteiger partial charge is 0.261 e. The summed E-state index contributed by atoms with van der Waals surface area (Å²) < 4.78 is 5.08. The minimum absolute atomic E-state index is 0.00894. The zero-order valence-corrected chi connectivity index (χ0v) is 12.1. The van der Waals surface area contributed by atoms with Gasteiger partial charge in [-0.25, -0.2) is 0 Å². The van der Waals surface area contributed by atoms with Crippen LogP contribution in [0.4, 0.5) is 0 Å². The van der Waals surface area contributed by atoms with E-state index in [2.05, 4.69) is 21.2 Å². The number of carbonyl (C=O) groups is 1. The third-order valence-electron chi connectivity index (χ3n) is 3.03. The second-order valence-corrected chi connectivity index (χ2v) is 6.32. The summed E-state index contributed by atoms with van der Waals surface area (Å²) in [5.41, 5.74) is 0. The minimum atomic E-state index is 0.00894. The maximum atomic E-state index is 12.0. The van der Waals surface area contributed by atoms with Crippen LogP contribution in [0, 0.1) is 0 Å². The van der Waals surface area contributed by atoms with Gasteiger partial charge in [-0.05, 0) is 12.8 Å². The molecule has 1 heterocycles. The predicted octanol–water partition coefficient (Wildman–Crippen LogP) is 3.19. The van der Waals surface area contributed by atoms with Gasteiger partial charge in [0.05, 0.1) is 12.0 Å². The Bertz CT molecular complexity index is 394. The van der Waals surface area contributed by atoms with E-state index in [4.69, 9.17) is 4.74 Å². The Morgan fingerprint density at radius 2 is 2.29 bits per heavy atom. The van der Waals surface area contributed by atoms with Crippen molar-refractivity contribution in [3.8, 4) is 5.75 Å². The number of amides is 1. The van der Waals surface area contributed by atoms with E-state index < -0.39 is 0 Å². The van der Waals surface area contributed by atoms with Crippen molar-refractivity contribution in [3.05, 3.63) is 16.3 Å². The number of hydrogen-bond donors (Lipinski definition) is 1. The molecule has 1 aromatic rings. The van der Waals surface area contributed by atoms with Crippen molar-refractivity contribution in [1.29, 1.82) is 0 Å². The van der Waals surface area contributed by atoms with Gasteiger partial charge in [-0.2, -0.15) is 0 Å².